The van der Waals surface area contributed by atoms with Crippen LogP contribution in [-0.4, -0.2) is 39.4 Å². The standard InChI is InChI=1S/C19H19N7O2/c20-16(27)10-26(13-4-5-13)19-23-9-14(17(21)28)18(25-19)24-12-3-6-15-11(8-12)2-1-7-22-15/h1-3,6-9,13H,4-5,10H2,(H2,20,27)(H2,21,28)(H,23,24,25). The summed E-state index contributed by atoms with van der Waals surface area (Å²) in [5, 5.41) is 4.07. The van der Waals surface area contributed by atoms with Gasteiger partial charge in [0.25, 0.3) is 5.91 Å². The highest BCUT2D eigenvalue weighted by Gasteiger charge is 2.32. The van der Waals surface area contributed by atoms with E-state index in [1.165, 1.54) is 6.20 Å². The molecule has 4 rings (SSSR count). The van der Waals surface area contributed by atoms with Gasteiger partial charge in [0.2, 0.25) is 11.9 Å². The molecule has 5 N–H and O–H groups in total. The lowest BCUT2D eigenvalue weighted by molar-refractivity contribution is -0.116. The first-order chi connectivity index (χ1) is 13.5. The minimum atomic E-state index is -0.649. The molecule has 0 atom stereocenters. The number of nitrogens with one attached hydrogen (secondary N) is 1. The lowest BCUT2D eigenvalue weighted by atomic mass is 10.2. The average molecular weight is 377 g/mol. The van der Waals surface area contributed by atoms with Gasteiger partial charge >= 0.3 is 0 Å². The molecule has 1 saturated carbocycles. The number of rotatable bonds is 7. The Morgan fingerprint density at radius 2 is 2.00 bits per heavy atom. The van der Waals surface area contributed by atoms with Crippen molar-refractivity contribution in [1.82, 2.24) is 15.0 Å². The van der Waals surface area contributed by atoms with Crippen molar-refractivity contribution in [2.45, 2.75) is 18.9 Å². The van der Waals surface area contributed by atoms with E-state index in [1.807, 2.05) is 30.3 Å². The molecule has 28 heavy (non-hydrogen) atoms. The Kier molecular flexibility index (Phi) is 4.48. The summed E-state index contributed by atoms with van der Waals surface area (Å²) in [4.78, 5) is 38.0. The number of amides is 2. The van der Waals surface area contributed by atoms with Crippen LogP contribution in [0.15, 0.2) is 42.7 Å². The molecule has 0 saturated heterocycles. The van der Waals surface area contributed by atoms with Gasteiger partial charge in [-0.05, 0) is 37.1 Å². The van der Waals surface area contributed by atoms with Gasteiger partial charge in [0.05, 0.1) is 12.1 Å². The van der Waals surface area contributed by atoms with Crippen LogP contribution >= 0.6 is 0 Å². The summed E-state index contributed by atoms with van der Waals surface area (Å²) < 4.78 is 0. The molecule has 1 fully saturated rings. The molecule has 2 amide bonds. The van der Waals surface area contributed by atoms with Crippen LogP contribution < -0.4 is 21.7 Å². The van der Waals surface area contributed by atoms with Gasteiger partial charge < -0.3 is 21.7 Å². The summed E-state index contributed by atoms with van der Waals surface area (Å²) in [7, 11) is 0. The van der Waals surface area contributed by atoms with Crippen molar-refractivity contribution >= 4 is 40.2 Å². The van der Waals surface area contributed by atoms with E-state index in [0.717, 1.165) is 29.4 Å². The smallest absolute Gasteiger partial charge is 0.254 e. The number of benzene rings is 1. The number of anilines is 3. The van der Waals surface area contributed by atoms with Crippen molar-refractivity contribution in [3.05, 3.63) is 48.3 Å². The molecule has 9 nitrogen and oxygen atoms in total. The number of carbonyl (C=O) groups is 2. The van der Waals surface area contributed by atoms with Crippen LogP contribution in [-0.2, 0) is 4.79 Å². The number of primary amides is 2. The Morgan fingerprint density at radius 1 is 1.18 bits per heavy atom. The van der Waals surface area contributed by atoms with Crippen molar-refractivity contribution < 1.29 is 9.59 Å². The topological polar surface area (TPSA) is 140 Å². The predicted octanol–water partition coefficient (Wildman–Crippen LogP) is 1.32. The highest BCUT2D eigenvalue weighted by molar-refractivity contribution is 5.98. The van der Waals surface area contributed by atoms with E-state index in [-0.39, 0.29) is 24.0 Å². The Morgan fingerprint density at radius 3 is 2.71 bits per heavy atom. The molecule has 3 aromatic rings. The maximum atomic E-state index is 11.8. The van der Waals surface area contributed by atoms with Gasteiger partial charge in [0.15, 0.2) is 0 Å². The zero-order valence-electron chi connectivity index (χ0n) is 15.0. The molecule has 9 heteroatoms. The molecule has 1 aliphatic rings. The first kappa shape index (κ1) is 17.7. The fourth-order valence-corrected chi connectivity index (χ4v) is 2.99. The lowest BCUT2D eigenvalue weighted by Crippen LogP contribution is -2.36. The number of aromatic nitrogens is 3. The van der Waals surface area contributed by atoms with E-state index in [4.69, 9.17) is 11.5 Å². The van der Waals surface area contributed by atoms with E-state index in [1.54, 1.807) is 11.1 Å². The molecule has 0 aliphatic heterocycles. The molecule has 0 radical (unpaired) electrons. The Balaban J connectivity index is 1.70. The largest absolute Gasteiger partial charge is 0.368 e. The van der Waals surface area contributed by atoms with Crippen molar-refractivity contribution in [1.29, 1.82) is 0 Å². The quantitative estimate of drug-likeness (QED) is 0.564. The Labute approximate surface area is 160 Å². The van der Waals surface area contributed by atoms with Crippen molar-refractivity contribution in [2.75, 3.05) is 16.8 Å². The molecule has 1 aromatic carbocycles. The summed E-state index contributed by atoms with van der Waals surface area (Å²) in [6, 6.07) is 9.57. The second kappa shape index (κ2) is 7.10. The first-order valence-corrected chi connectivity index (χ1v) is 8.85. The summed E-state index contributed by atoms with van der Waals surface area (Å²) >= 11 is 0. The van der Waals surface area contributed by atoms with Crippen LogP contribution in [0.2, 0.25) is 0 Å². The second-order valence-electron chi connectivity index (χ2n) is 6.66. The lowest BCUT2D eigenvalue weighted by Gasteiger charge is -2.21. The van der Waals surface area contributed by atoms with Crippen molar-refractivity contribution in [3.63, 3.8) is 0 Å². The number of hydrogen-bond acceptors (Lipinski definition) is 7. The first-order valence-electron chi connectivity index (χ1n) is 8.85. The fourth-order valence-electron chi connectivity index (χ4n) is 2.99. The van der Waals surface area contributed by atoms with E-state index in [2.05, 4.69) is 20.3 Å². The van der Waals surface area contributed by atoms with Crippen LogP contribution in [0.25, 0.3) is 10.9 Å². The molecule has 142 valence electrons. The zero-order valence-corrected chi connectivity index (χ0v) is 15.0. The van der Waals surface area contributed by atoms with Crippen LogP contribution in [0.1, 0.15) is 23.2 Å². The molecule has 1 aliphatic carbocycles. The molecular formula is C19H19N7O2. The normalized spacial score (nSPS) is 13.3. The number of fused-ring (bicyclic) bond motifs is 1. The minimum absolute atomic E-state index is 0.0155. The molecule has 0 unspecified atom stereocenters. The summed E-state index contributed by atoms with van der Waals surface area (Å²) in [6.07, 6.45) is 4.97. The van der Waals surface area contributed by atoms with Gasteiger partial charge in [0.1, 0.15) is 11.4 Å². The zero-order chi connectivity index (χ0) is 19.7. The van der Waals surface area contributed by atoms with Crippen LogP contribution in [0, 0.1) is 0 Å². The van der Waals surface area contributed by atoms with Crippen LogP contribution in [0.4, 0.5) is 17.5 Å². The van der Waals surface area contributed by atoms with Gasteiger partial charge in [-0.3, -0.25) is 14.6 Å². The fraction of sp³-hybridized carbons (Fsp3) is 0.211. The molecular weight excluding hydrogens is 358 g/mol. The Bertz CT molecular complexity index is 1070. The maximum absolute atomic E-state index is 11.8. The number of nitrogens with zero attached hydrogens (tertiary/aromatic N) is 4. The van der Waals surface area contributed by atoms with Crippen molar-refractivity contribution in [2.24, 2.45) is 11.5 Å². The van der Waals surface area contributed by atoms with Gasteiger partial charge in [-0.15, -0.1) is 0 Å². The molecule has 0 spiro atoms. The average Bonchev–Trinajstić information content (AvgIpc) is 3.51. The number of nitrogens with two attached hydrogens (primary N) is 2. The van der Waals surface area contributed by atoms with Crippen molar-refractivity contribution in [3.8, 4) is 0 Å². The maximum Gasteiger partial charge on any atom is 0.254 e. The second-order valence-corrected chi connectivity index (χ2v) is 6.66. The van der Waals surface area contributed by atoms with Crippen LogP contribution in [0.3, 0.4) is 0 Å². The predicted molar refractivity (Wildman–Crippen MR) is 105 cm³/mol. The van der Waals surface area contributed by atoms with Gasteiger partial charge in [-0.1, -0.05) is 6.07 Å². The number of pyridine rings is 1. The Hall–Kier alpha value is -3.75. The summed E-state index contributed by atoms with van der Waals surface area (Å²) in [6.45, 7) is 0.0155. The third-order valence-electron chi connectivity index (χ3n) is 4.48. The van der Waals surface area contributed by atoms with Gasteiger partial charge in [0, 0.05) is 29.5 Å². The third-order valence-corrected chi connectivity index (χ3v) is 4.48. The van der Waals surface area contributed by atoms with Gasteiger partial charge in [-0.2, -0.15) is 4.98 Å². The monoisotopic (exact) mass is 377 g/mol. The van der Waals surface area contributed by atoms with E-state index in [0.29, 0.717) is 5.95 Å². The minimum Gasteiger partial charge on any atom is -0.368 e. The molecule has 2 aromatic heterocycles. The SMILES string of the molecule is NC(=O)CN(c1ncc(C(N)=O)c(Nc2ccc3ncccc3c2)n1)C1CC1. The van der Waals surface area contributed by atoms with Gasteiger partial charge in [-0.25, -0.2) is 4.98 Å². The summed E-state index contributed by atoms with van der Waals surface area (Å²) in [5.74, 6) is -0.512. The van der Waals surface area contributed by atoms with E-state index < -0.39 is 11.8 Å². The van der Waals surface area contributed by atoms with Crippen LogP contribution in [0.5, 0.6) is 0 Å². The number of hydrogen-bond donors (Lipinski definition) is 3. The number of carbonyl (C=O) groups excluding carboxylic acids is 2. The highest BCUT2D eigenvalue weighted by Crippen LogP contribution is 2.31. The van der Waals surface area contributed by atoms with E-state index >= 15 is 0 Å². The molecule has 2 heterocycles. The van der Waals surface area contributed by atoms with E-state index in [9.17, 15) is 9.59 Å². The summed E-state index contributed by atoms with van der Waals surface area (Å²) in [5.41, 5.74) is 12.6. The molecule has 0 bridgehead atoms. The highest BCUT2D eigenvalue weighted by atomic mass is 16.1. The third kappa shape index (κ3) is 3.68.